The second kappa shape index (κ2) is 4.29. The summed E-state index contributed by atoms with van der Waals surface area (Å²) < 4.78 is 5.22. The van der Waals surface area contributed by atoms with Crippen LogP contribution in [0.25, 0.3) is 0 Å². The number of hydrogen-bond acceptors (Lipinski definition) is 3. The molecule has 1 amide bonds. The van der Waals surface area contributed by atoms with E-state index in [-0.39, 0.29) is 5.91 Å². The Labute approximate surface area is 105 Å². The molecule has 0 saturated carbocycles. The maximum Gasteiger partial charge on any atom is 0.289 e. The van der Waals surface area contributed by atoms with Crippen LogP contribution in [0.15, 0.2) is 41.1 Å². The van der Waals surface area contributed by atoms with E-state index < -0.39 is 0 Å². The molecule has 0 radical (unpaired) electrons. The summed E-state index contributed by atoms with van der Waals surface area (Å²) in [5.41, 5.74) is 1.94. The van der Waals surface area contributed by atoms with Crippen LogP contribution in [0.2, 0.25) is 0 Å². The highest BCUT2D eigenvalue weighted by molar-refractivity contribution is 5.93. The highest BCUT2D eigenvalue weighted by Crippen LogP contribution is 2.27. The number of hydrogen-bond donors (Lipinski definition) is 0. The summed E-state index contributed by atoms with van der Waals surface area (Å²) in [5, 5.41) is 0. The third kappa shape index (κ3) is 1.79. The normalized spacial score (nSPS) is 15.5. The number of pyridine rings is 1. The van der Waals surface area contributed by atoms with Crippen molar-refractivity contribution in [3.05, 3.63) is 53.7 Å². The fourth-order valence-corrected chi connectivity index (χ4v) is 2.18. The third-order valence-electron chi connectivity index (χ3n) is 3.33. The molecule has 0 bridgehead atoms. The summed E-state index contributed by atoms with van der Waals surface area (Å²) >= 11 is 0. The molecule has 0 unspecified atom stereocenters. The van der Waals surface area contributed by atoms with Crippen LogP contribution in [0, 0.1) is 6.92 Å². The lowest BCUT2D eigenvalue weighted by atomic mass is 9.95. The second-order valence-corrected chi connectivity index (χ2v) is 4.59. The van der Waals surface area contributed by atoms with E-state index in [1.807, 2.05) is 31.2 Å². The molecule has 1 aliphatic heterocycles. The summed E-state index contributed by atoms with van der Waals surface area (Å²) in [7, 11) is 0. The van der Waals surface area contributed by atoms with E-state index in [1.54, 1.807) is 17.4 Å². The first-order valence-corrected chi connectivity index (χ1v) is 6.00. The summed E-state index contributed by atoms with van der Waals surface area (Å²) in [6, 6.07) is 7.69. The Kier molecular flexibility index (Phi) is 2.63. The van der Waals surface area contributed by atoms with Gasteiger partial charge in [0.15, 0.2) is 5.76 Å². The minimum Gasteiger partial charge on any atom is -0.459 e. The number of aromatic nitrogens is 1. The molecule has 1 saturated heterocycles. The van der Waals surface area contributed by atoms with Crippen molar-refractivity contribution in [3.8, 4) is 0 Å². The fourth-order valence-electron chi connectivity index (χ4n) is 2.18. The number of nitrogens with zero attached hydrogens (tertiary/aromatic N) is 2. The maximum atomic E-state index is 12.1. The Morgan fingerprint density at radius 1 is 1.39 bits per heavy atom. The van der Waals surface area contributed by atoms with Crippen LogP contribution in [-0.4, -0.2) is 28.9 Å². The number of likely N-dealkylation sites (tertiary alicyclic amines) is 1. The lowest BCUT2D eigenvalue weighted by Gasteiger charge is -2.38. The molecule has 0 aliphatic carbocycles. The molecule has 1 fully saturated rings. The molecule has 0 aromatic carbocycles. The van der Waals surface area contributed by atoms with Crippen molar-refractivity contribution in [3.63, 3.8) is 0 Å². The molecule has 92 valence electrons. The molecular formula is C14H14N2O2. The highest BCUT2D eigenvalue weighted by atomic mass is 16.3. The van der Waals surface area contributed by atoms with Crippen LogP contribution in [-0.2, 0) is 0 Å². The van der Waals surface area contributed by atoms with Crippen molar-refractivity contribution < 1.29 is 9.21 Å². The first-order valence-electron chi connectivity index (χ1n) is 6.00. The Morgan fingerprint density at radius 2 is 2.22 bits per heavy atom. The smallest absolute Gasteiger partial charge is 0.289 e. The molecule has 4 heteroatoms. The molecule has 3 rings (SSSR count). The van der Waals surface area contributed by atoms with Crippen molar-refractivity contribution in [2.75, 3.05) is 13.1 Å². The van der Waals surface area contributed by atoms with Crippen LogP contribution in [0.3, 0.4) is 0 Å². The van der Waals surface area contributed by atoms with Crippen LogP contribution < -0.4 is 0 Å². The van der Waals surface area contributed by atoms with Gasteiger partial charge in [0.25, 0.3) is 5.91 Å². The number of carbonyl (C=O) groups excluding carboxylic acids is 1. The molecule has 4 nitrogen and oxygen atoms in total. The molecule has 0 atom stereocenters. The van der Waals surface area contributed by atoms with Crippen molar-refractivity contribution in [2.45, 2.75) is 12.8 Å². The van der Waals surface area contributed by atoms with Gasteiger partial charge >= 0.3 is 0 Å². The zero-order valence-corrected chi connectivity index (χ0v) is 10.2. The van der Waals surface area contributed by atoms with Gasteiger partial charge in [-0.05, 0) is 25.1 Å². The van der Waals surface area contributed by atoms with Crippen molar-refractivity contribution >= 4 is 5.91 Å². The molecule has 1 aliphatic rings. The van der Waals surface area contributed by atoms with Gasteiger partial charge in [0, 0.05) is 36.5 Å². The Bertz CT molecular complexity index is 556. The summed E-state index contributed by atoms with van der Waals surface area (Å²) in [4.78, 5) is 18.2. The molecule has 0 spiro atoms. The van der Waals surface area contributed by atoms with E-state index >= 15 is 0 Å². The van der Waals surface area contributed by atoms with E-state index in [9.17, 15) is 4.79 Å². The highest BCUT2D eigenvalue weighted by Gasteiger charge is 2.34. The van der Waals surface area contributed by atoms with Gasteiger partial charge in [0.1, 0.15) is 0 Å². The number of aryl methyl sites for hydroxylation is 1. The molecule has 0 N–H and O–H groups in total. The van der Waals surface area contributed by atoms with Crippen LogP contribution >= 0.6 is 0 Å². The Balaban J connectivity index is 1.66. The van der Waals surface area contributed by atoms with Crippen molar-refractivity contribution in [2.24, 2.45) is 0 Å². The minimum absolute atomic E-state index is 0.0234. The van der Waals surface area contributed by atoms with Gasteiger partial charge in [-0.3, -0.25) is 9.78 Å². The number of carbonyl (C=O) groups is 1. The average Bonchev–Trinajstić information content (AvgIpc) is 2.75. The van der Waals surface area contributed by atoms with Gasteiger partial charge in [-0.15, -0.1) is 0 Å². The summed E-state index contributed by atoms with van der Waals surface area (Å²) in [6.45, 7) is 3.32. The minimum atomic E-state index is -0.0234. The van der Waals surface area contributed by atoms with E-state index in [1.165, 1.54) is 0 Å². The Morgan fingerprint density at radius 3 is 2.83 bits per heavy atom. The van der Waals surface area contributed by atoms with Gasteiger partial charge in [0.05, 0.1) is 6.26 Å². The average molecular weight is 242 g/mol. The lowest BCUT2D eigenvalue weighted by molar-refractivity contribution is 0.0565. The SMILES string of the molecule is Cc1ccoc1C(=O)N1CC(c2ccccn2)C1. The maximum absolute atomic E-state index is 12.1. The first-order chi connectivity index (χ1) is 8.75. The first kappa shape index (κ1) is 11.0. The molecule has 2 aromatic heterocycles. The van der Waals surface area contributed by atoms with E-state index in [0.717, 1.165) is 24.3 Å². The number of furan rings is 1. The lowest BCUT2D eigenvalue weighted by Crippen LogP contribution is -2.48. The monoisotopic (exact) mass is 242 g/mol. The van der Waals surface area contributed by atoms with Crippen molar-refractivity contribution in [1.29, 1.82) is 0 Å². The number of amides is 1. The zero-order valence-electron chi connectivity index (χ0n) is 10.2. The number of rotatable bonds is 2. The van der Waals surface area contributed by atoms with E-state index in [0.29, 0.717) is 11.7 Å². The second-order valence-electron chi connectivity index (χ2n) is 4.59. The van der Waals surface area contributed by atoms with E-state index in [2.05, 4.69) is 4.98 Å². The topological polar surface area (TPSA) is 46.3 Å². The predicted octanol–water partition coefficient (Wildman–Crippen LogP) is 2.22. The van der Waals surface area contributed by atoms with Crippen LogP contribution in [0.4, 0.5) is 0 Å². The van der Waals surface area contributed by atoms with Crippen LogP contribution in [0.1, 0.15) is 27.7 Å². The predicted molar refractivity (Wildman–Crippen MR) is 66.3 cm³/mol. The van der Waals surface area contributed by atoms with E-state index in [4.69, 9.17) is 4.42 Å². The van der Waals surface area contributed by atoms with Crippen LogP contribution in [0.5, 0.6) is 0 Å². The van der Waals surface area contributed by atoms with Gasteiger partial charge in [-0.2, -0.15) is 0 Å². The molecule has 3 heterocycles. The summed E-state index contributed by atoms with van der Waals surface area (Å²) in [6.07, 6.45) is 3.34. The summed E-state index contributed by atoms with van der Waals surface area (Å²) in [5.74, 6) is 0.782. The fraction of sp³-hybridized carbons (Fsp3) is 0.286. The quantitative estimate of drug-likeness (QED) is 0.811. The third-order valence-corrected chi connectivity index (χ3v) is 3.33. The molecule has 2 aromatic rings. The zero-order chi connectivity index (χ0) is 12.5. The largest absolute Gasteiger partial charge is 0.459 e. The molecule has 18 heavy (non-hydrogen) atoms. The van der Waals surface area contributed by atoms with Gasteiger partial charge in [0.2, 0.25) is 0 Å². The standard InChI is InChI=1S/C14H14N2O2/c1-10-5-7-18-13(10)14(17)16-8-11(9-16)12-4-2-3-6-15-12/h2-7,11H,8-9H2,1H3. The Hall–Kier alpha value is -2.10. The van der Waals surface area contributed by atoms with Gasteiger partial charge in [-0.25, -0.2) is 0 Å². The molecular weight excluding hydrogens is 228 g/mol. The van der Waals surface area contributed by atoms with Gasteiger partial charge < -0.3 is 9.32 Å². The van der Waals surface area contributed by atoms with Crippen molar-refractivity contribution in [1.82, 2.24) is 9.88 Å². The van der Waals surface area contributed by atoms with Gasteiger partial charge in [-0.1, -0.05) is 6.07 Å².